The normalized spacial score (nSPS) is 14.8. The van der Waals surface area contributed by atoms with Gasteiger partial charge in [-0.15, -0.1) is 0 Å². The fourth-order valence-electron chi connectivity index (χ4n) is 3.17. The van der Waals surface area contributed by atoms with E-state index in [2.05, 4.69) is 42.1 Å². The molecule has 1 fully saturated rings. The lowest BCUT2D eigenvalue weighted by Crippen LogP contribution is -2.44. The van der Waals surface area contributed by atoms with E-state index in [-0.39, 0.29) is 11.6 Å². The van der Waals surface area contributed by atoms with Crippen molar-refractivity contribution >= 4 is 33.9 Å². The number of likely N-dealkylation sites (N-methyl/N-ethyl adjacent to an activating group) is 1. The molecule has 3 aromatic rings. The number of piperazine rings is 1. The van der Waals surface area contributed by atoms with Gasteiger partial charge >= 0.3 is 0 Å². The number of anilines is 4. The Bertz CT molecular complexity index is 1010. The molecule has 0 unspecified atom stereocenters. The maximum absolute atomic E-state index is 14.4. The lowest BCUT2D eigenvalue weighted by atomic mass is 10.3. The average Bonchev–Trinajstić information content (AvgIpc) is 3.12. The summed E-state index contributed by atoms with van der Waals surface area (Å²) < 4.78 is 14.4. The van der Waals surface area contributed by atoms with Crippen molar-refractivity contribution in [3.63, 3.8) is 0 Å². The van der Waals surface area contributed by atoms with E-state index in [0.29, 0.717) is 21.5 Å². The standard InChI is InChI=1S/C19H24FN9S/c1-12-17(30-19(24-12)28(3)21)16-14(20)11-23-18(26-16)25-15-5-4-13(10-22-15)29-8-6-27(2)7-9-29/h4-5,10-11H,6-9,21H2,1-3H3,(H,22,23,25,26). The van der Waals surface area contributed by atoms with E-state index in [1.54, 1.807) is 14.0 Å². The van der Waals surface area contributed by atoms with Gasteiger partial charge in [-0.2, -0.15) is 0 Å². The van der Waals surface area contributed by atoms with Crippen molar-refractivity contribution in [2.45, 2.75) is 6.92 Å². The van der Waals surface area contributed by atoms with Crippen molar-refractivity contribution in [2.75, 3.05) is 55.5 Å². The third-order valence-electron chi connectivity index (χ3n) is 4.90. The van der Waals surface area contributed by atoms with Crippen LogP contribution in [0.4, 0.5) is 27.0 Å². The van der Waals surface area contributed by atoms with Gasteiger partial charge in [0.2, 0.25) is 5.95 Å². The minimum absolute atomic E-state index is 0.185. The lowest BCUT2D eigenvalue weighted by Gasteiger charge is -2.33. The van der Waals surface area contributed by atoms with Crippen LogP contribution in [-0.4, -0.2) is 65.1 Å². The molecule has 3 aromatic heterocycles. The van der Waals surface area contributed by atoms with Crippen molar-refractivity contribution in [1.82, 2.24) is 24.8 Å². The van der Waals surface area contributed by atoms with E-state index in [1.165, 1.54) is 16.3 Å². The van der Waals surface area contributed by atoms with Crippen LogP contribution in [0.25, 0.3) is 10.6 Å². The number of nitrogens with one attached hydrogen (secondary N) is 1. The van der Waals surface area contributed by atoms with Crippen molar-refractivity contribution in [3.05, 3.63) is 36.0 Å². The van der Waals surface area contributed by atoms with Crippen LogP contribution in [0.15, 0.2) is 24.5 Å². The molecule has 4 heterocycles. The molecule has 0 saturated carbocycles. The van der Waals surface area contributed by atoms with Crippen LogP contribution in [0.2, 0.25) is 0 Å². The number of halogens is 1. The van der Waals surface area contributed by atoms with Crippen LogP contribution in [0, 0.1) is 12.7 Å². The molecule has 30 heavy (non-hydrogen) atoms. The zero-order chi connectivity index (χ0) is 21.3. The Balaban J connectivity index is 1.52. The number of thiazole rings is 1. The van der Waals surface area contributed by atoms with Gasteiger partial charge in [0, 0.05) is 33.2 Å². The summed E-state index contributed by atoms with van der Waals surface area (Å²) in [5.41, 5.74) is 1.92. The Morgan fingerprint density at radius 1 is 1.13 bits per heavy atom. The number of aryl methyl sites for hydroxylation is 1. The monoisotopic (exact) mass is 429 g/mol. The van der Waals surface area contributed by atoms with Crippen LogP contribution in [0.1, 0.15) is 5.69 Å². The number of rotatable bonds is 5. The highest BCUT2D eigenvalue weighted by Gasteiger charge is 2.18. The summed E-state index contributed by atoms with van der Waals surface area (Å²) in [6.07, 6.45) is 2.98. The first kappa shape index (κ1) is 20.4. The van der Waals surface area contributed by atoms with Crippen LogP contribution in [-0.2, 0) is 0 Å². The first-order chi connectivity index (χ1) is 14.4. The highest BCUT2D eigenvalue weighted by molar-refractivity contribution is 7.19. The highest BCUT2D eigenvalue weighted by Crippen LogP contribution is 2.34. The summed E-state index contributed by atoms with van der Waals surface area (Å²) in [7, 11) is 3.81. The number of hydrogen-bond donors (Lipinski definition) is 2. The van der Waals surface area contributed by atoms with Crippen LogP contribution in [0.5, 0.6) is 0 Å². The minimum Gasteiger partial charge on any atom is -0.368 e. The molecule has 0 bridgehead atoms. The van der Waals surface area contributed by atoms with Gasteiger partial charge in [-0.25, -0.2) is 30.2 Å². The Labute approximate surface area is 178 Å². The molecule has 0 aliphatic carbocycles. The molecule has 1 saturated heterocycles. The van der Waals surface area contributed by atoms with Gasteiger partial charge in [0.15, 0.2) is 10.9 Å². The molecule has 0 atom stereocenters. The van der Waals surface area contributed by atoms with Gasteiger partial charge in [0.05, 0.1) is 28.7 Å². The van der Waals surface area contributed by atoms with Gasteiger partial charge in [0.25, 0.3) is 0 Å². The lowest BCUT2D eigenvalue weighted by molar-refractivity contribution is 0.313. The maximum Gasteiger partial charge on any atom is 0.229 e. The van der Waals surface area contributed by atoms with Crippen LogP contribution >= 0.6 is 11.3 Å². The Kier molecular flexibility index (Phi) is 5.75. The molecule has 0 spiro atoms. The molecule has 0 radical (unpaired) electrons. The molecule has 0 aromatic carbocycles. The van der Waals surface area contributed by atoms with E-state index in [0.717, 1.165) is 38.1 Å². The topological polar surface area (TPSA) is 99.3 Å². The first-order valence-corrected chi connectivity index (χ1v) is 10.4. The molecule has 11 heteroatoms. The fraction of sp³-hybridized carbons (Fsp3) is 0.368. The molecule has 0 amide bonds. The second-order valence-corrected chi connectivity index (χ2v) is 8.21. The molecule has 3 N–H and O–H groups in total. The summed E-state index contributed by atoms with van der Waals surface area (Å²) in [6, 6.07) is 3.89. The van der Waals surface area contributed by atoms with E-state index in [9.17, 15) is 4.39 Å². The van der Waals surface area contributed by atoms with Crippen molar-refractivity contribution in [1.29, 1.82) is 0 Å². The smallest absolute Gasteiger partial charge is 0.229 e. The quantitative estimate of drug-likeness (QED) is 0.467. The zero-order valence-electron chi connectivity index (χ0n) is 17.1. The maximum atomic E-state index is 14.4. The third-order valence-corrected chi connectivity index (χ3v) is 6.16. The van der Waals surface area contributed by atoms with E-state index in [4.69, 9.17) is 5.84 Å². The van der Waals surface area contributed by atoms with Gasteiger partial charge in [0.1, 0.15) is 11.5 Å². The zero-order valence-corrected chi connectivity index (χ0v) is 17.9. The number of hydrogen-bond acceptors (Lipinski definition) is 10. The molecule has 9 nitrogen and oxygen atoms in total. The number of nitrogens with zero attached hydrogens (tertiary/aromatic N) is 7. The summed E-state index contributed by atoms with van der Waals surface area (Å²) in [4.78, 5) is 22.4. The summed E-state index contributed by atoms with van der Waals surface area (Å²) in [6.45, 7) is 5.81. The summed E-state index contributed by atoms with van der Waals surface area (Å²) >= 11 is 1.27. The molecule has 1 aliphatic rings. The minimum atomic E-state index is -0.517. The number of pyridine rings is 1. The van der Waals surface area contributed by atoms with Crippen molar-refractivity contribution in [3.8, 4) is 10.6 Å². The first-order valence-electron chi connectivity index (χ1n) is 9.56. The van der Waals surface area contributed by atoms with Gasteiger partial charge in [-0.3, -0.25) is 5.01 Å². The second-order valence-electron chi connectivity index (χ2n) is 7.23. The van der Waals surface area contributed by atoms with E-state index >= 15 is 0 Å². The average molecular weight is 430 g/mol. The Morgan fingerprint density at radius 3 is 2.53 bits per heavy atom. The molecular formula is C19H24FN9S. The van der Waals surface area contributed by atoms with Crippen molar-refractivity contribution < 1.29 is 4.39 Å². The largest absolute Gasteiger partial charge is 0.368 e. The second kappa shape index (κ2) is 8.46. The van der Waals surface area contributed by atoms with Crippen molar-refractivity contribution in [2.24, 2.45) is 5.84 Å². The molecule has 158 valence electrons. The van der Waals surface area contributed by atoms with Crippen LogP contribution < -0.4 is 21.1 Å². The predicted octanol–water partition coefficient (Wildman–Crippen LogP) is 2.25. The number of nitrogens with two attached hydrogens (primary N) is 1. The number of hydrazine groups is 1. The van der Waals surface area contributed by atoms with E-state index < -0.39 is 5.82 Å². The Morgan fingerprint density at radius 2 is 1.90 bits per heavy atom. The molecule has 4 rings (SSSR count). The molecule has 1 aliphatic heterocycles. The van der Waals surface area contributed by atoms with Crippen LogP contribution in [0.3, 0.4) is 0 Å². The third kappa shape index (κ3) is 4.32. The van der Waals surface area contributed by atoms with Gasteiger partial charge in [-0.1, -0.05) is 11.3 Å². The highest BCUT2D eigenvalue weighted by atomic mass is 32.1. The number of aromatic nitrogens is 4. The summed E-state index contributed by atoms with van der Waals surface area (Å²) in [5, 5.41) is 5.02. The Hall–Kier alpha value is -2.89. The SMILES string of the molecule is Cc1nc(N(C)N)sc1-c1nc(Nc2ccc(N3CCN(C)CC3)cn2)ncc1F. The van der Waals surface area contributed by atoms with E-state index in [1.807, 2.05) is 18.3 Å². The molecular weight excluding hydrogens is 405 g/mol. The van der Waals surface area contributed by atoms with Gasteiger partial charge in [-0.05, 0) is 26.1 Å². The summed E-state index contributed by atoms with van der Waals surface area (Å²) in [5.74, 6) is 6.09. The van der Waals surface area contributed by atoms with Gasteiger partial charge < -0.3 is 15.1 Å². The fourth-order valence-corrected chi connectivity index (χ4v) is 4.11. The predicted molar refractivity (Wildman–Crippen MR) is 118 cm³/mol.